The van der Waals surface area contributed by atoms with E-state index in [1.54, 1.807) is 4.90 Å². The van der Waals surface area contributed by atoms with Crippen molar-refractivity contribution in [1.82, 2.24) is 14.9 Å². The minimum absolute atomic E-state index is 0.0591. The van der Waals surface area contributed by atoms with E-state index in [9.17, 15) is 13.6 Å². The molecule has 1 N–H and O–H groups in total. The third-order valence-electron chi connectivity index (χ3n) is 4.85. The lowest BCUT2D eigenvalue weighted by molar-refractivity contribution is -0.150. The molecule has 1 aromatic heterocycles. The molecule has 0 unspecified atom stereocenters. The maximum atomic E-state index is 13.1. The number of carbonyl (C=O) groups is 1. The summed E-state index contributed by atoms with van der Waals surface area (Å²) in [6.45, 7) is 5.62. The third kappa shape index (κ3) is 3.01. The van der Waals surface area contributed by atoms with E-state index in [0.29, 0.717) is 13.1 Å². The van der Waals surface area contributed by atoms with Crippen molar-refractivity contribution in [2.24, 2.45) is 5.41 Å². The SMILES string of the molecule is Cc1ccc2nc([C@@H]3CCCN(C(=O)C(C)(C)C(F)F)C3)[nH]c2c1. The highest BCUT2D eigenvalue weighted by Gasteiger charge is 2.42. The Hall–Kier alpha value is -1.98. The van der Waals surface area contributed by atoms with Gasteiger partial charge in [-0.3, -0.25) is 4.79 Å². The van der Waals surface area contributed by atoms with E-state index >= 15 is 0 Å². The first-order chi connectivity index (χ1) is 11.3. The van der Waals surface area contributed by atoms with Gasteiger partial charge in [-0.1, -0.05) is 6.07 Å². The van der Waals surface area contributed by atoms with Crippen LogP contribution in [0.15, 0.2) is 18.2 Å². The van der Waals surface area contributed by atoms with Crippen molar-refractivity contribution in [2.45, 2.75) is 46.0 Å². The molecule has 0 bridgehead atoms. The quantitative estimate of drug-likeness (QED) is 0.926. The van der Waals surface area contributed by atoms with Crippen molar-refractivity contribution >= 4 is 16.9 Å². The molecule has 1 saturated heterocycles. The number of halogens is 2. The van der Waals surface area contributed by atoms with Gasteiger partial charge in [0.25, 0.3) is 6.43 Å². The lowest BCUT2D eigenvalue weighted by Crippen LogP contribution is -2.48. The highest BCUT2D eigenvalue weighted by atomic mass is 19.3. The molecule has 1 aromatic carbocycles. The van der Waals surface area contributed by atoms with E-state index in [4.69, 9.17) is 0 Å². The summed E-state index contributed by atoms with van der Waals surface area (Å²) >= 11 is 0. The van der Waals surface area contributed by atoms with Crippen molar-refractivity contribution in [3.05, 3.63) is 29.6 Å². The molecule has 0 radical (unpaired) electrons. The van der Waals surface area contributed by atoms with Crippen molar-refractivity contribution in [2.75, 3.05) is 13.1 Å². The van der Waals surface area contributed by atoms with Gasteiger partial charge in [0.2, 0.25) is 5.91 Å². The highest BCUT2D eigenvalue weighted by Crippen LogP contribution is 2.32. The number of nitrogens with one attached hydrogen (secondary N) is 1. The number of hydrogen-bond acceptors (Lipinski definition) is 2. The van der Waals surface area contributed by atoms with Gasteiger partial charge >= 0.3 is 0 Å². The largest absolute Gasteiger partial charge is 0.342 e. The van der Waals surface area contributed by atoms with Crippen LogP contribution in [0.3, 0.4) is 0 Å². The van der Waals surface area contributed by atoms with Gasteiger partial charge in [0, 0.05) is 19.0 Å². The van der Waals surface area contributed by atoms with Crippen LogP contribution in [0.5, 0.6) is 0 Å². The Bertz CT molecular complexity index is 754. The molecule has 3 rings (SSSR count). The Balaban J connectivity index is 1.81. The molecule has 4 nitrogen and oxygen atoms in total. The van der Waals surface area contributed by atoms with E-state index in [2.05, 4.69) is 9.97 Å². The number of hydrogen-bond donors (Lipinski definition) is 1. The number of aromatic nitrogens is 2. The van der Waals surface area contributed by atoms with Gasteiger partial charge < -0.3 is 9.88 Å². The molecule has 2 heterocycles. The van der Waals surface area contributed by atoms with Gasteiger partial charge in [0.05, 0.1) is 11.0 Å². The summed E-state index contributed by atoms with van der Waals surface area (Å²) in [5.41, 5.74) is 1.37. The summed E-state index contributed by atoms with van der Waals surface area (Å²) in [6, 6.07) is 6.02. The number of fused-ring (bicyclic) bond motifs is 1. The highest BCUT2D eigenvalue weighted by molar-refractivity contribution is 5.82. The number of carbonyl (C=O) groups excluding carboxylic acids is 1. The minimum atomic E-state index is -2.67. The number of amides is 1. The van der Waals surface area contributed by atoms with Gasteiger partial charge in [-0.25, -0.2) is 13.8 Å². The molecule has 0 spiro atoms. The average molecular weight is 335 g/mol. The van der Waals surface area contributed by atoms with Crippen molar-refractivity contribution in [3.8, 4) is 0 Å². The number of imidazole rings is 1. The smallest absolute Gasteiger partial charge is 0.252 e. The average Bonchev–Trinajstić information content (AvgIpc) is 2.97. The van der Waals surface area contributed by atoms with Crippen molar-refractivity contribution < 1.29 is 13.6 Å². The minimum Gasteiger partial charge on any atom is -0.342 e. The summed E-state index contributed by atoms with van der Waals surface area (Å²) in [7, 11) is 0. The second kappa shape index (κ2) is 6.15. The van der Waals surface area contributed by atoms with Crippen LogP contribution in [-0.4, -0.2) is 40.3 Å². The Morgan fingerprint density at radius 1 is 1.42 bits per heavy atom. The molecule has 24 heavy (non-hydrogen) atoms. The van der Waals surface area contributed by atoms with Crippen LogP contribution in [0.1, 0.15) is 44.0 Å². The Labute approximate surface area is 140 Å². The van der Waals surface area contributed by atoms with Crippen molar-refractivity contribution in [1.29, 1.82) is 0 Å². The molecule has 1 atom stereocenters. The van der Waals surface area contributed by atoms with Gasteiger partial charge in [-0.05, 0) is 51.3 Å². The van der Waals surface area contributed by atoms with Crippen LogP contribution in [0.25, 0.3) is 11.0 Å². The summed E-state index contributed by atoms with van der Waals surface area (Å²) in [4.78, 5) is 22.0. The Morgan fingerprint density at radius 2 is 2.17 bits per heavy atom. The molecule has 6 heteroatoms. The number of alkyl halides is 2. The zero-order valence-electron chi connectivity index (χ0n) is 14.3. The second-order valence-corrected chi connectivity index (χ2v) is 7.26. The number of nitrogens with zero attached hydrogens (tertiary/aromatic N) is 2. The van der Waals surface area contributed by atoms with E-state index in [-0.39, 0.29) is 5.92 Å². The number of benzene rings is 1. The maximum Gasteiger partial charge on any atom is 0.252 e. The first-order valence-electron chi connectivity index (χ1n) is 8.33. The number of likely N-dealkylation sites (tertiary alicyclic amines) is 1. The molecule has 0 aliphatic carbocycles. The Morgan fingerprint density at radius 3 is 2.88 bits per heavy atom. The van der Waals surface area contributed by atoms with E-state index in [0.717, 1.165) is 35.3 Å². The van der Waals surface area contributed by atoms with Gasteiger partial charge in [-0.2, -0.15) is 0 Å². The van der Waals surface area contributed by atoms with Gasteiger partial charge in [-0.15, -0.1) is 0 Å². The molecular weight excluding hydrogens is 312 g/mol. The molecule has 1 amide bonds. The van der Waals surface area contributed by atoms with Gasteiger partial charge in [0.15, 0.2) is 0 Å². The number of rotatable bonds is 3. The van der Waals surface area contributed by atoms with E-state index in [1.807, 2.05) is 25.1 Å². The summed E-state index contributed by atoms with van der Waals surface area (Å²) in [6.07, 6.45) is -0.969. The van der Waals surface area contributed by atoms with Crippen LogP contribution < -0.4 is 0 Å². The number of aromatic amines is 1. The summed E-state index contributed by atoms with van der Waals surface area (Å²) < 4.78 is 26.3. The lowest BCUT2D eigenvalue weighted by Gasteiger charge is -2.36. The molecule has 0 saturated carbocycles. The normalized spacial score (nSPS) is 19.2. The van der Waals surface area contributed by atoms with Crippen molar-refractivity contribution in [3.63, 3.8) is 0 Å². The van der Waals surface area contributed by atoms with Crippen LogP contribution in [0, 0.1) is 12.3 Å². The predicted octanol–water partition coefficient (Wildman–Crippen LogP) is 3.87. The van der Waals surface area contributed by atoms with Crippen LogP contribution in [0.2, 0.25) is 0 Å². The number of aryl methyl sites for hydroxylation is 1. The number of H-pyrrole nitrogens is 1. The monoisotopic (exact) mass is 335 g/mol. The van der Waals surface area contributed by atoms with Crippen LogP contribution in [-0.2, 0) is 4.79 Å². The fourth-order valence-corrected chi connectivity index (χ4v) is 3.22. The standard InChI is InChI=1S/C18H23F2N3O/c1-11-6-7-13-14(9-11)22-15(21-13)12-5-4-8-23(10-12)17(24)18(2,3)16(19)20/h6-7,9,12,16H,4-5,8,10H2,1-3H3,(H,21,22)/t12-/m1/s1. The van der Waals surface area contributed by atoms with Gasteiger partial charge in [0.1, 0.15) is 11.2 Å². The molecular formula is C18H23F2N3O. The first kappa shape index (κ1) is 16.9. The number of piperidine rings is 1. The fraction of sp³-hybridized carbons (Fsp3) is 0.556. The topological polar surface area (TPSA) is 49.0 Å². The summed E-state index contributed by atoms with van der Waals surface area (Å²) in [5.74, 6) is 0.418. The zero-order chi connectivity index (χ0) is 17.5. The fourth-order valence-electron chi connectivity index (χ4n) is 3.22. The zero-order valence-corrected chi connectivity index (χ0v) is 14.3. The molecule has 1 aliphatic rings. The lowest BCUT2D eigenvalue weighted by atomic mass is 9.89. The maximum absolute atomic E-state index is 13.1. The molecule has 1 aliphatic heterocycles. The molecule has 130 valence electrons. The van der Waals surface area contributed by atoms with Crippen LogP contribution in [0.4, 0.5) is 8.78 Å². The van der Waals surface area contributed by atoms with E-state index < -0.39 is 17.7 Å². The summed E-state index contributed by atoms with van der Waals surface area (Å²) in [5, 5.41) is 0. The first-order valence-corrected chi connectivity index (χ1v) is 8.33. The van der Waals surface area contributed by atoms with Crippen LogP contribution >= 0.6 is 0 Å². The Kier molecular flexibility index (Phi) is 4.32. The molecule has 1 fully saturated rings. The molecule has 2 aromatic rings. The third-order valence-corrected chi connectivity index (χ3v) is 4.85. The second-order valence-electron chi connectivity index (χ2n) is 7.26. The van der Waals surface area contributed by atoms with E-state index in [1.165, 1.54) is 13.8 Å². The predicted molar refractivity (Wildman–Crippen MR) is 89.2 cm³/mol.